The van der Waals surface area contributed by atoms with Gasteiger partial charge in [-0.25, -0.2) is 4.79 Å². The van der Waals surface area contributed by atoms with Crippen LogP contribution in [0.4, 0.5) is 4.79 Å². The molecule has 1 aliphatic carbocycles. The quantitative estimate of drug-likeness (QED) is 0.417. The van der Waals surface area contributed by atoms with Crippen LogP contribution in [0.15, 0.2) is 0 Å². The van der Waals surface area contributed by atoms with E-state index >= 15 is 0 Å². The molecule has 1 aliphatic heterocycles. The zero-order valence-corrected chi connectivity index (χ0v) is 19.5. The molecule has 8 heteroatoms. The predicted molar refractivity (Wildman–Crippen MR) is 118 cm³/mol. The smallest absolute Gasteiger partial charge is 0.408 e. The maximum absolute atomic E-state index is 12.9. The van der Waals surface area contributed by atoms with Crippen LogP contribution in [-0.4, -0.2) is 54.4 Å². The highest BCUT2D eigenvalue weighted by molar-refractivity contribution is 5.86. The van der Waals surface area contributed by atoms with Crippen molar-refractivity contribution in [3.05, 3.63) is 0 Å². The molecule has 2 fully saturated rings. The molecule has 0 radical (unpaired) electrons. The van der Waals surface area contributed by atoms with Crippen molar-refractivity contribution in [1.29, 1.82) is 0 Å². The highest BCUT2D eigenvalue weighted by atomic mass is 16.6. The van der Waals surface area contributed by atoms with Crippen LogP contribution in [0.25, 0.3) is 0 Å². The Balaban J connectivity index is 1.87. The van der Waals surface area contributed by atoms with Gasteiger partial charge in [-0.05, 0) is 62.7 Å². The van der Waals surface area contributed by atoms with Crippen LogP contribution in [0, 0.1) is 23.7 Å². The van der Waals surface area contributed by atoms with E-state index < -0.39 is 18.2 Å². The van der Waals surface area contributed by atoms with Crippen molar-refractivity contribution < 1.29 is 24.2 Å². The van der Waals surface area contributed by atoms with Gasteiger partial charge in [-0.3, -0.25) is 9.59 Å². The van der Waals surface area contributed by atoms with Gasteiger partial charge < -0.3 is 25.8 Å². The average molecular weight is 440 g/mol. The van der Waals surface area contributed by atoms with Crippen molar-refractivity contribution in [2.24, 2.45) is 23.7 Å². The van der Waals surface area contributed by atoms with Crippen LogP contribution in [0.5, 0.6) is 0 Å². The van der Waals surface area contributed by atoms with Gasteiger partial charge in [-0.1, -0.05) is 27.7 Å². The number of amides is 3. The van der Waals surface area contributed by atoms with E-state index in [1.807, 2.05) is 13.8 Å². The van der Waals surface area contributed by atoms with Crippen molar-refractivity contribution in [2.45, 2.75) is 90.8 Å². The molecule has 3 atom stereocenters. The Kier molecular flexibility index (Phi) is 10.1. The first-order chi connectivity index (χ1) is 14.7. The fourth-order valence-corrected chi connectivity index (χ4v) is 4.60. The number of hydrogen-bond donors (Lipinski definition) is 4. The summed E-state index contributed by atoms with van der Waals surface area (Å²) in [7, 11) is 0. The summed E-state index contributed by atoms with van der Waals surface area (Å²) in [4.78, 5) is 37.1. The van der Waals surface area contributed by atoms with Crippen LogP contribution in [0.1, 0.15) is 72.6 Å². The maximum atomic E-state index is 12.9. The minimum atomic E-state index is -0.744. The number of carbonyl (C=O) groups excluding carboxylic acids is 3. The minimum Gasteiger partial charge on any atom is -0.446 e. The molecular weight excluding hydrogens is 398 g/mol. The van der Waals surface area contributed by atoms with Crippen LogP contribution in [-0.2, 0) is 14.3 Å². The molecule has 0 aromatic heterocycles. The molecule has 8 nitrogen and oxygen atoms in total. The molecule has 0 bridgehead atoms. The Hall–Kier alpha value is -1.83. The second-order valence-corrected chi connectivity index (χ2v) is 9.91. The first-order valence-corrected chi connectivity index (χ1v) is 11.9. The second-order valence-electron chi connectivity index (χ2n) is 9.91. The summed E-state index contributed by atoms with van der Waals surface area (Å²) in [5.41, 5.74) is 0. The number of rotatable bonds is 10. The summed E-state index contributed by atoms with van der Waals surface area (Å²) in [6, 6.07) is -1.27. The van der Waals surface area contributed by atoms with Gasteiger partial charge in [0, 0.05) is 12.5 Å². The van der Waals surface area contributed by atoms with E-state index in [0.29, 0.717) is 37.6 Å². The lowest BCUT2D eigenvalue weighted by molar-refractivity contribution is -0.126. The van der Waals surface area contributed by atoms with Crippen molar-refractivity contribution in [2.75, 3.05) is 13.2 Å². The third kappa shape index (κ3) is 8.31. The fraction of sp³-hybridized carbons (Fsp3) is 0.870. The number of ether oxygens (including phenoxy) is 1. The standard InChI is InChI=1S/C23H41N3O5/c1-14(2)11-20(22(29)25-18(13-27)12-17-9-10-24-21(17)28)26-23(30)31-19-7-5-16(6-8-19)15(3)4/h14-20,27H,5-13H2,1-4H3,(H,24,28)(H,25,29)(H,26,30)/t16?,17-,18-,19?,20-/m0/s1. The fourth-order valence-electron chi connectivity index (χ4n) is 4.60. The number of aliphatic hydroxyl groups is 1. The maximum Gasteiger partial charge on any atom is 0.408 e. The highest BCUT2D eigenvalue weighted by Gasteiger charge is 2.31. The Morgan fingerprint density at radius 1 is 1.10 bits per heavy atom. The van der Waals surface area contributed by atoms with Crippen LogP contribution in [0.3, 0.4) is 0 Å². The molecule has 0 aromatic rings. The lowest BCUT2D eigenvalue weighted by Crippen LogP contribution is -2.52. The molecule has 31 heavy (non-hydrogen) atoms. The summed E-state index contributed by atoms with van der Waals surface area (Å²) >= 11 is 0. The molecule has 178 valence electrons. The number of nitrogens with one attached hydrogen (secondary N) is 3. The van der Waals surface area contributed by atoms with Gasteiger partial charge >= 0.3 is 6.09 Å². The predicted octanol–water partition coefficient (Wildman–Crippen LogP) is 2.35. The lowest BCUT2D eigenvalue weighted by atomic mass is 9.80. The molecule has 1 heterocycles. The first-order valence-electron chi connectivity index (χ1n) is 11.9. The zero-order chi connectivity index (χ0) is 23.0. The Labute approximate surface area is 186 Å². The van der Waals surface area contributed by atoms with Crippen LogP contribution >= 0.6 is 0 Å². The molecule has 0 spiro atoms. The highest BCUT2D eigenvalue weighted by Crippen LogP contribution is 2.31. The van der Waals surface area contributed by atoms with Gasteiger partial charge in [0.25, 0.3) is 0 Å². The zero-order valence-electron chi connectivity index (χ0n) is 19.5. The normalized spacial score (nSPS) is 25.8. The number of hydrogen-bond acceptors (Lipinski definition) is 5. The number of alkyl carbamates (subject to hydrolysis) is 1. The minimum absolute atomic E-state index is 0.0414. The van der Waals surface area contributed by atoms with Crippen LogP contribution in [0.2, 0.25) is 0 Å². The Morgan fingerprint density at radius 3 is 2.29 bits per heavy atom. The largest absolute Gasteiger partial charge is 0.446 e. The molecule has 3 amide bonds. The molecule has 2 aliphatic rings. The topological polar surface area (TPSA) is 117 Å². The molecular formula is C23H41N3O5. The van der Waals surface area contributed by atoms with Crippen molar-refractivity contribution >= 4 is 17.9 Å². The summed E-state index contributed by atoms with van der Waals surface area (Å²) in [6.07, 6.45) is 4.69. The van der Waals surface area contributed by atoms with E-state index in [1.54, 1.807) is 0 Å². The Morgan fingerprint density at radius 2 is 1.77 bits per heavy atom. The molecule has 2 rings (SSSR count). The molecule has 4 N–H and O–H groups in total. The van der Waals surface area contributed by atoms with Gasteiger partial charge in [0.1, 0.15) is 12.1 Å². The monoisotopic (exact) mass is 439 g/mol. The average Bonchev–Trinajstić information content (AvgIpc) is 3.11. The van der Waals surface area contributed by atoms with E-state index in [4.69, 9.17) is 4.74 Å². The molecule has 1 saturated carbocycles. The number of carbonyl (C=O) groups is 3. The summed E-state index contributed by atoms with van der Waals surface area (Å²) in [5, 5.41) is 18.0. The van der Waals surface area contributed by atoms with E-state index in [-0.39, 0.29) is 36.4 Å². The van der Waals surface area contributed by atoms with Gasteiger partial charge in [0.2, 0.25) is 11.8 Å². The number of aliphatic hydroxyl groups excluding tert-OH is 1. The van der Waals surface area contributed by atoms with E-state index in [0.717, 1.165) is 25.7 Å². The van der Waals surface area contributed by atoms with E-state index in [1.165, 1.54) is 0 Å². The van der Waals surface area contributed by atoms with Gasteiger partial charge in [-0.15, -0.1) is 0 Å². The van der Waals surface area contributed by atoms with Crippen molar-refractivity contribution in [1.82, 2.24) is 16.0 Å². The third-order valence-electron chi connectivity index (χ3n) is 6.55. The van der Waals surface area contributed by atoms with Crippen molar-refractivity contribution in [3.8, 4) is 0 Å². The first kappa shape index (κ1) is 25.4. The SMILES string of the molecule is CC(C)C[C@H](NC(=O)OC1CCC(C(C)C)CC1)C(=O)N[C@H](CO)C[C@@H]1CCNC1=O. The summed E-state index contributed by atoms with van der Waals surface area (Å²) in [5.74, 6) is 0.904. The Bertz CT molecular complexity index is 602. The van der Waals surface area contributed by atoms with Gasteiger partial charge in [0.15, 0.2) is 0 Å². The van der Waals surface area contributed by atoms with Gasteiger partial charge in [0.05, 0.1) is 12.6 Å². The van der Waals surface area contributed by atoms with Crippen LogP contribution < -0.4 is 16.0 Å². The third-order valence-corrected chi connectivity index (χ3v) is 6.55. The van der Waals surface area contributed by atoms with Gasteiger partial charge in [-0.2, -0.15) is 0 Å². The van der Waals surface area contributed by atoms with E-state index in [9.17, 15) is 19.5 Å². The summed E-state index contributed by atoms with van der Waals surface area (Å²) in [6.45, 7) is 8.78. The van der Waals surface area contributed by atoms with E-state index in [2.05, 4.69) is 29.8 Å². The summed E-state index contributed by atoms with van der Waals surface area (Å²) < 4.78 is 5.60. The molecule has 1 saturated heterocycles. The lowest BCUT2D eigenvalue weighted by Gasteiger charge is -2.31. The molecule has 0 aromatic carbocycles. The molecule has 0 unspecified atom stereocenters. The van der Waals surface area contributed by atoms with Crippen molar-refractivity contribution in [3.63, 3.8) is 0 Å². The second kappa shape index (κ2) is 12.3.